The molecule has 1 aliphatic carbocycles. The number of benzene rings is 1. The first-order chi connectivity index (χ1) is 10.2. The molecule has 0 atom stereocenters. The van der Waals surface area contributed by atoms with Crippen LogP contribution in [0.3, 0.4) is 0 Å². The van der Waals surface area contributed by atoms with Gasteiger partial charge in [0.05, 0.1) is 6.33 Å². The monoisotopic (exact) mass is 292 g/mol. The van der Waals surface area contributed by atoms with Crippen molar-refractivity contribution in [3.05, 3.63) is 41.5 Å². The Balaban J connectivity index is 1.88. The van der Waals surface area contributed by atoms with Gasteiger partial charge in [-0.2, -0.15) is 0 Å². The average Bonchev–Trinajstić information content (AvgIpc) is 2.50. The molecule has 0 aliphatic heterocycles. The second kappa shape index (κ2) is 8.31. The van der Waals surface area contributed by atoms with Crippen molar-refractivity contribution >= 4 is 6.08 Å². The first-order valence-electron chi connectivity index (χ1n) is 8.30. The van der Waals surface area contributed by atoms with Gasteiger partial charge in [-0.15, -0.1) is 0 Å². The van der Waals surface area contributed by atoms with E-state index in [9.17, 15) is 8.78 Å². The Kier molecular flexibility index (Phi) is 6.41. The van der Waals surface area contributed by atoms with Crippen LogP contribution in [0, 0.1) is 11.7 Å². The average molecular weight is 292 g/mol. The summed E-state index contributed by atoms with van der Waals surface area (Å²) in [5.74, 6) is 1.03. The third-order valence-electron chi connectivity index (χ3n) is 4.80. The summed E-state index contributed by atoms with van der Waals surface area (Å²) in [6, 6.07) is 5.24. The summed E-state index contributed by atoms with van der Waals surface area (Å²) >= 11 is 0. The minimum Gasteiger partial charge on any atom is -0.216 e. The third kappa shape index (κ3) is 4.66. The molecule has 1 aliphatic rings. The van der Waals surface area contributed by atoms with Crippen molar-refractivity contribution in [3.8, 4) is 0 Å². The summed E-state index contributed by atoms with van der Waals surface area (Å²) < 4.78 is 26.0. The number of halogens is 2. The normalized spacial score (nSPS) is 22.8. The lowest BCUT2D eigenvalue weighted by atomic mass is 9.77. The molecule has 21 heavy (non-hydrogen) atoms. The lowest BCUT2D eigenvalue weighted by molar-refractivity contribution is 0.302. The fraction of sp³-hybridized carbons (Fsp3) is 0.579. The summed E-state index contributed by atoms with van der Waals surface area (Å²) in [5.41, 5.74) is 1.41. The molecule has 2 rings (SSSR count). The van der Waals surface area contributed by atoms with Crippen LogP contribution in [0.1, 0.15) is 75.3 Å². The topological polar surface area (TPSA) is 0 Å². The maximum absolute atomic E-state index is 13.9. The second-order valence-corrected chi connectivity index (χ2v) is 6.29. The molecule has 0 nitrogen and oxygen atoms in total. The molecule has 1 aromatic carbocycles. The number of unbranched alkanes of at least 4 members (excludes halogenated alkanes) is 2. The van der Waals surface area contributed by atoms with Crippen molar-refractivity contribution in [1.82, 2.24) is 0 Å². The van der Waals surface area contributed by atoms with Crippen molar-refractivity contribution < 1.29 is 8.78 Å². The Labute approximate surface area is 127 Å². The zero-order valence-electron chi connectivity index (χ0n) is 13.0. The van der Waals surface area contributed by atoms with Crippen molar-refractivity contribution in [1.29, 1.82) is 0 Å². The van der Waals surface area contributed by atoms with E-state index in [1.54, 1.807) is 12.1 Å². The molecule has 0 heterocycles. The van der Waals surface area contributed by atoms with Gasteiger partial charge in [-0.25, -0.2) is 8.78 Å². The van der Waals surface area contributed by atoms with Crippen molar-refractivity contribution in [2.75, 3.05) is 0 Å². The lowest BCUT2D eigenvalue weighted by Crippen LogP contribution is -2.13. The summed E-state index contributed by atoms with van der Waals surface area (Å²) in [7, 11) is 0. The Hall–Kier alpha value is -1.18. The molecular weight excluding hydrogens is 266 g/mol. The van der Waals surface area contributed by atoms with Gasteiger partial charge >= 0.3 is 0 Å². The first-order valence-corrected chi connectivity index (χ1v) is 8.30. The molecule has 0 N–H and O–H groups in total. The highest BCUT2D eigenvalue weighted by molar-refractivity contribution is 5.49. The van der Waals surface area contributed by atoms with Crippen LogP contribution < -0.4 is 0 Å². The van der Waals surface area contributed by atoms with Crippen molar-refractivity contribution in [2.45, 2.75) is 64.2 Å². The second-order valence-electron chi connectivity index (χ2n) is 6.29. The van der Waals surface area contributed by atoms with E-state index < -0.39 is 0 Å². The summed E-state index contributed by atoms with van der Waals surface area (Å²) in [6.07, 6.45) is 11.7. The number of rotatable bonds is 6. The molecule has 0 aromatic heterocycles. The van der Waals surface area contributed by atoms with Crippen LogP contribution in [0.2, 0.25) is 0 Å². The first kappa shape index (κ1) is 16.2. The Morgan fingerprint density at radius 2 is 1.90 bits per heavy atom. The molecule has 2 heteroatoms. The van der Waals surface area contributed by atoms with E-state index in [0.29, 0.717) is 17.8 Å². The number of hydrogen-bond acceptors (Lipinski definition) is 0. The van der Waals surface area contributed by atoms with Crippen molar-refractivity contribution in [2.24, 2.45) is 5.92 Å². The fourth-order valence-corrected chi connectivity index (χ4v) is 3.47. The van der Waals surface area contributed by atoms with E-state index >= 15 is 0 Å². The van der Waals surface area contributed by atoms with Crippen LogP contribution in [-0.4, -0.2) is 0 Å². The van der Waals surface area contributed by atoms with Crippen LogP contribution in [0.5, 0.6) is 0 Å². The Bertz CT molecular complexity index is 457. The molecule has 0 bridgehead atoms. The van der Waals surface area contributed by atoms with Crippen LogP contribution in [0.25, 0.3) is 6.08 Å². The van der Waals surface area contributed by atoms with Gasteiger partial charge < -0.3 is 0 Å². The molecule has 0 unspecified atom stereocenters. The minimum absolute atomic E-state index is 0.313. The van der Waals surface area contributed by atoms with Gasteiger partial charge in [0.1, 0.15) is 5.82 Å². The Morgan fingerprint density at radius 3 is 2.52 bits per heavy atom. The minimum atomic E-state index is -0.313. The van der Waals surface area contributed by atoms with Crippen LogP contribution in [-0.2, 0) is 0 Å². The smallest absolute Gasteiger partial charge is 0.130 e. The largest absolute Gasteiger partial charge is 0.216 e. The van der Waals surface area contributed by atoms with E-state index in [1.807, 2.05) is 6.07 Å². The summed E-state index contributed by atoms with van der Waals surface area (Å²) in [4.78, 5) is 0. The highest BCUT2D eigenvalue weighted by Crippen LogP contribution is 2.38. The quantitative estimate of drug-likeness (QED) is 0.517. The molecule has 0 amide bonds. The molecule has 1 saturated carbocycles. The standard InChI is InChI=1S/C19H26F2/c1-2-3-4-5-15-6-8-16(9-7-15)18-11-10-17(12-13-20)19(21)14-18/h10-16H,2-9H2,1H3/t15-,16-. The van der Waals surface area contributed by atoms with Gasteiger partial charge in [-0.1, -0.05) is 44.7 Å². The van der Waals surface area contributed by atoms with Gasteiger partial charge in [-0.3, -0.25) is 0 Å². The zero-order valence-corrected chi connectivity index (χ0v) is 13.0. The maximum Gasteiger partial charge on any atom is 0.130 e. The molecule has 0 saturated heterocycles. The predicted octanol–water partition coefficient (Wildman–Crippen LogP) is 6.62. The van der Waals surface area contributed by atoms with E-state index in [0.717, 1.165) is 24.3 Å². The van der Waals surface area contributed by atoms with E-state index in [2.05, 4.69) is 6.92 Å². The fourth-order valence-electron chi connectivity index (χ4n) is 3.47. The zero-order chi connectivity index (χ0) is 15.1. The predicted molar refractivity (Wildman–Crippen MR) is 85.4 cm³/mol. The van der Waals surface area contributed by atoms with Crippen LogP contribution in [0.15, 0.2) is 24.5 Å². The van der Waals surface area contributed by atoms with Gasteiger partial charge in [0, 0.05) is 5.56 Å². The van der Waals surface area contributed by atoms with E-state index in [1.165, 1.54) is 44.6 Å². The van der Waals surface area contributed by atoms with E-state index in [-0.39, 0.29) is 5.82 Å². The maximum atomic E-state index is 13.9. The van der Waals surface area contributed by atoms with Gasteiger partial charge in [-0.05, 0) is 55.2 Å². The summed E-state index contributed by atoms with van der Waals surface area (Å²) in [6.45, 7) is 2.24. The molecule has 116 valence electrons. The molecule has 0 radical (unpaired) electrons. The molecule has 1 aromatic rings. The van der Waals surface area contributed by atoms with Gasteiger partial charge in [0.25, 0.3) is 0 Å². The number of hydrogen-bond donors (Lipinski definition) is 0. The molecule has 0 spiro atoms. The molecular formula is C19H26F2. The lowest BCUT2D eigenvalue weighted by Gasteiger charge is -2.29. The SMILES string of the molecule is CCCCC[C@H]1CC[C@H](c2ccc(C=CF)c(F)c2)CC1. The molecule has 1 fully saturated rings. The van der Waals surface area contributed by atoms with Crippen molar-refractivity contribution in [3.63, 3.8) is 0 Å². The highest BCUT2D eigenvalue weighted by atomic mass is 19.1. The summed E-state index contributed by atoms with van der Waals surface area (Å²) in [5, 5.41) is 0. The van der Waals surface area contributed by atoms with Gasteiger partial charge in [0.15, 0.2) is 0 Å². The van der Waals surface area contributed by atoms with E-state index in [4.69, 9.17) is 0 Å². The van der Waals surface area contributed by atoms with Crippen LogP contribution in [0.4, 0.5) is 8.78 Å². The van der Waals surface area contributed by atoms with Crippen LogP contribution >= 0.6 is 0 Å². The highest BCUT2D eigenvalue weighted by Gasteiger charge is 2.22. The Morgan fingerprint density at radius 1 is 1.14 bits per heavy atom. The third-order valence-corrected chi connectivity index (χ3v) is 4.80. The van der Waals surface area contributed by atoms with Gasteiger partial charge in [0.2, 0.25) is 0 Å².